The second kappa shape index (κ2) is 7.24. The third-order valence-electron chi connectivity index (χ3n) is 3.46. The van der Waals surface area contributed by atoms with Crippen LogP contribution in [0.1, 0.15) is 22.8 Å². The number of carbonyl (C=O) groups is 1. The van der Waals surface area contributed by atoms with Gasteiger partial charge in [0.2, 0.25) is 0 Å². The maximum absolute atomic E-state index is 12.4. The van der Waals surface area contributed by atoms with Gasteiger partial charge in [0.15, 0.2) is 12.4 Å². The van der Waals surface area contributed by atoms with Crippen LogP contribution in [-0.4, -0.2) is 44.3 Å². The van der Waals surface area contributed by atoms with Crippen LogP contribution in [0.5, 0.6) is 5.75 Å². The van der Waals surface area contributed by atoms with Crippen LogP contribution in [0.4, 0.5) is 13.2 Å². The second-order valence-electron chi connectivity index (χ2n) is 5.55. The zero-order valence-electron chi connectivity index (χ0n) is 13.3. The van der Waals surface area contributed by atoms with Crippen LogP contribution < -0.4 is 4.74 Å². The molecule has 0 saturated carbocycles. The summed E-state index contributed by atoms with van der Waals surface area (Å²) < 4.78 is 43.5. The number of benzene rings is 1. The lowest BCUT2D eigenvalue weighted by Gasteiger charge is -2.24. The highest BCUT2D eigenvalue weighted by molar-refractivity contribution is 5.93. The van der Waals surface area contributed by atoms with Crippen LogP contribution >= 0.6 is 0 Å². The van der Waals surface area contributed by atoms with Gasteiger partial charge in [-0.15, -0.1) is 0 Å². The number of alkyl halides is 3. The second-order valence-corrected chi connectivity index (χ2v) is 5.55. The van der Waals surface area contributed by atoms with Crippen LogP contribution in [0.2, 0.25) is 0 Å². The molecule has 1 aromatic carbocycles. The summed E-state index contributed by atoms with van der Waals surface area (Å²) in [5.74, 6) is -3.93. The highest BCUT2D eigenvalue weighted by atomic mass is 19.4. The number of halogens is 3. The Bertz CT molecular complexity index is 741. The Kier molecular flexibility index (Phi) is 5.48. The van der Waals surface area contributed by atoms with E-state index in [-0.39, 0.29) is 11.5 Å². The number of ketones is 1. The first-order valence-electron chi connectivity index (χ1n) is 7.35. The first kappa shape index (κ1) is 18.9. The van der Waals surface area contributed by atoms with E-state index in [0.717, 1.165) is 5.56 Å². The fourth-order valence-electron chi connectivity index (χ4n) is 1.97. The molecular formula is C16H17F3N2O4. The SMILES string of the molecule is CC(=O)c1cnn(CCc2cccc(OCC(O)(O)C(F)(F)F)c2)c1. The third kappa shape index (κ3) is 5.04. The molecule has 0 aliphatic carbocycles. The number of hydrogen-bond acceptors (Lipinski definition) is 5. The maximum atomic E-state index is 12.4. The fraction of sp³-hybridized carbons (Fsp3) is 0.375. The third-order valence-corrected chi connectivity index (χ3v) is 3.46. The monoisotopic (exact) mass is 358 g/mol. The van der Waals surface area contributed by atoms with Crippen molar-refractivity contribution in [2.75, 3.05) is 6.61 Å². The van der Waals surface area contributed by atoms with Crippen molar-refractivity contribution in [3.63, 3.8) is 0 Å². The molecule has 0 saturated heterocycles. The average Bonchev–Trinajstić information content (AvgIpc) is 3.00. The van der Waals surface area contributed by atoms with E-state index in [1.54, 1.807) is 23.0 Å². The molecule has 1 aromatic heterocycles. The first-order valence-corrected chi connectivity index (χ1v) is 7.35. The van der Waals surface area contributed by atoms with Gasteiger partial charge < -0.3 is 14.9 Å². The molecule has 0 spiro atoms. The Hall–Kier alpha value is -2.39. The van der Waals surface area contributed by atoms with Crippen molar-refractivity contribution in [3.05, 3.63) is 47.8 Å². The van der Waals surface area contributed by atoms with E-state index >= 15 is 0 Å². The van der Waals surface area contributed by atoms with Crippen molar-refractivity contribution in [3.8, 4) is 5.75 Å². The summed E-state index contributed by atoms with van der Waals surface area (Å²) in [7, 11) is 0. The van der Waals surface area contributed by atoms with E-state index in [2.05, 4.69) is 5.10 Å². The molecule has 0 atom stereocenters. The number of aromatic nitrogens is 2. The Balaban J connectivity index is 1.95. The summed E-state index contributed by atoms with van der Waals surface area (Å²) in [6.07, 6.45) is -1.64. The largest absolute Gasteiger partial charge is 0.488 e. The number of Topliss-reactive ketones (excluding diaryl/α,β-unsaturated/α-hetero) is 1. The summed E-state index contributed by atoms with van der Waals surface area (Å²) in [6, 6.07) is 6.25. The van der Waals surface area contributed by atoms with E-state index in [1.165, 1.54) is 25.3 Å². The molecule has 2 aromatic rings. The molecule has 2 rings (SSSR count). The number of aliphatic hydroxyl groups is 2. The first-order chi connectivity index (χ1) is 11.6. The van der Waals surface area contributed by atoms with Gasteiger partial charge in [-0.1, -0.05) is 12.1 Å². The molecule has 0 fully saturated rings. The maximum Gasteiger partial charge on any atom is 0.446 e. The summed E-state index contributed by atoms with van der Waals surface area (Å²) >= 11 is 0. The normalized spacial score (nSPS) is 12.2. The zero-order chi connectivity index (χ0) is 18.7. The van der Waals surface area contributed by atoms with Gasteiger partial charge in [0.25, 0.3) is 5.79 Å². The van der Waals surface area contributed by atoms with Gasteiger partial charge in [0.05, 0.1) is 11.8 Å². The van der Waals surface area contributed by atoms with E-state index in [4.69, 9.17) is 14.9 Å². The lowest BCUT2D eigenvalue weighted by Crippen LogP contribution is -2.49. The van der Waals surface area contributed by atoms with Gasteiger partial charge >= 0.3 is 6.18 Å². The number of nitrogens with zero attached hydrogens (tertiary/aromatic N) is 2. The fourth-order valence-corrected chi connectivity index (χ4v) is 1.97. The summed E-state index contributed by atoms with van der Waals surface area (Å²) in [5, 5.41) is 21.9. The predicted molar refractivity (Wildman–Crippen MR) is 81.1 cm³/mol. The molecule has 9 heteroatoms. The minimum atomic E-state index is -5.21. The Labute approximate surface area is 141 Å². The number of rotatable bonds is 7. The molecule has 0 unspecified atom stereocenters. The van der Waals surface area contributed by atoms with Crippen molar-refractivity contribution in [2.45, 2.75) is 31.9 Å². The number of hydrogen-bond donors (Lipinski definition) is 2. The quantitative estimate of drug-likeness (QED) is 0.584. The highest BCUT2D eigenvalue weighted by Crippen LogP contribution is 2.28. The molecule has 0 aliphatic heterocycles. The zero-order valence-corrected chi connectivity index (χ0v) is 13.3. The van der Waals surface area contributed by atoms with E-state index in [9.17, 15) is 18.0 Å². The van der Waals surface area contributed by atoms with Gasteiger partial charge in [-0.25, -0.2) is 0 Å². The molecule has 1 heterocycles. The van der Waals surface area contributed by atoms with Crippen molar-refractivity contribution in [1.29, 1.82) is 0 Å². The van der Waals surface area contributed by atoms with Crippen molar-refractivity contribution in [2.24, 2.45) is 0 Å². The van der Waals surface area contributed by atoms with Gasteiger partial charge in [0.1, 0.15) is 5.75 Å². The van der Waals surface area contributed by atoms with E-state index < -0.39 is 18.6 Å². The number of aryl methyl sites for hydroxylation is 2. The predicted octanol–water partition coefficient (Wildman–Crippen LogP) is 1.95. The van der Waals surface area contributed by atoms with Crippen LogP contribution in [0.3, 0.4) is 0 Å². The molecule has 0 radical (unpaired) electrons. The smallest absolute Gasteiger partial charge is 0.446 e. The Morgan fingerprint density at radius 1 is 1.32 bits per heavy atom. The topological polar surface area (TPSA) is 84.6 Å². The molecule has 2 N–H and O–H groups in total. The molecule has 0 bridgehead atoms. The van der Waals surface area contributed by atoms with Gasteiger partial charge in [0, 0.05) is 12.7 Å². The molecule has 0 aliphatic rings. The molecule has 0 amide bonds. The standard InChI is InChI=1S/C16H17F3N2O4/c1-11(22)13-8-20-21(9-13)6-5-12-3-2-4-14(7-12)25-10-15(23,24)16(17,18)19/h2-4,7-9,23-24H,5-6,10H2,1H3. The summed E-state index contributed by atoms with van der Waals surface area (Å²) in [4.78, 5) is 11.2. The van der Waals surface area contributed by atoms with Gasteiger partial charge in [-0.3, -0.25) is 9.48 Å². The van der Waals surface area contributed by atoms with Crippen LogP contribution in [-0.2, 0) is 13.0 Å². The van der Waals surface area contributed by atoms with Crippen molar-refractivity contribution in [1.82, 2.24) is 9.78 Å². The number of ether oxygens (including phenoxy) is 1. The van der Waals surface area contributed by atoms with E-state index in [1.807, 2.05) is 0 Å². The summed E-state index contributed by atoms with van der Waals surface area (Å²) in [5.41, 5.74) is 1.25. The number of carbonyl (C=O) groups excluding carboxylic acids is 1. The van der Waals surface area contributed by atoms with Crippen molar-refractivity contribution >= 4 is 5.78 Å². The van der Waals surface area contributed by atoms with E-state index in [0.29, 0.717) is 18.5 Å². The minimum Gasteiger partial charge on any atom is -0.488 e. The van der Waals surface area contributed by atoms with Crippen LogP contribution in [0, 0.1) is 0 Å². The van der Waals surface area contributed by atoms with Crippen LogP contribution in [0.25, 0.3) is 0 Å². The molecular weight excluding hydrogens is 341 g/mol. The lowest BCUT2D eigenvalue weighted by atomic mass is 10.1. The molecule has 25 heavy (non-hydrogen) atoms. The molecule has 136 valence electrons. The lowest BCUT2D eigenvalue weighted by molar-refractivity contribution is -0.355. The van der Waals surface area contributed by atoms with Gasteiger partial charge in [-0.05, 0) is 31.0 Å². The minimum absolute atomic E-state index is 0.0825. The Morgan fingerprint density at radius 3 is 2.64 bits per heavy atom. The average molecular weight is 358 g/mol. The van der Waals surface area contributed by atoms with Gasteiger partial charge in [-0.2, -0.15) is 18.3 Å². The summed E-state index contributed by atoms with van der Waals surface area (Å²) in [6.45, 7) is 0.565. The van der Waals surface area contributed by atoms with Crippen molar-refractivity contribution < 1.29 is 32.9 Å². The highest BCUT2D eigenvalue weighted by Gasteiger charge is 2.53. The molecule has 6 nitrogen and oxygen atoms in total. The Morgan fingerprint density at radius 2 is 2.04 bits per heavy atom. The van der Waals surface area contributed by atoms with Crippen LogP contribution in [0.15, 0.2) is 36.7 Å².